The molecule has 22 heavy (non-hydrogen) atoms. The Hall–Kier alpha value is -2.13. The topological polar surface area (TPSA) is 95.7 Å². The Morgan fingerprint density at radius 3 is 2.68 bits per heavy atom. The molecular weight excluding hydrogens is 328 g/mol. The molecule has 1 aliphatic rings. The Morgan fingerprint density at radius 1 is 1.50 bits per heavy atom. The number of carbonyl (C=O) groups is 1. The molecule has 1 fully saturated rings. The molecular formula is C13H11N2O5S2-. The fourth-order valence-electron chi connectivity index (χ4n) is 1.90. The zero-order chi connectivity index (χ0) is 16.4. The molecule has 0 N–H and O–H groups in total. The van der Waals surface area contributed by atoms with Gasteiger partial charge in [-0.25, -0.2) is 0 Å². The predicted octanol–water partition coefficient (Wildman–Crippen LogP) is 1.90. The van der Waals surface area contributed by atoms with Gasteiger partial charge in [-0.05, 0) is 24.6 Å². The molecule has 116 valence electrons. The maximum Gasteiger partial charge on any atom is 0.266 e. The Balaban J connectivity index is 2.48. The van der Waals surface area contributed by atoms with Crippen molar-refractivity contribution in [3.05, 3.63) is 32.7 Å². The largest absolute Gasteiger partial charge is 0.865 e. The van der Waals surface area contributed by atoms with E-state index in [1.54, 1.807) is 6.92 Å². The van der Waals surface area contributed by atoms with Gasteiger partial charge in [0.1, 0.15) is 10.1 Å². The van der Waals surface area contributed by atoms with Crippen LogP contribution in [0.5, 0.6) is 11.5 Å². The van der Waals surface area contributed by atoms with Crippen LogP contribution in [0.15, 0.2) is 17.0 Å². The molecule has 2 rings (SSSR count). The molecule has 1 aromatic rings. The second-order valence-electron chi connectivity index (χ2n) is 4.25. The summed E-state index contributed by atoms with van der Waals surface area (Å²) in [4.78, 5) is 24.0. The van der Waals surface area contributed by atoms with Crippen LogP contribution in [0.1, 0.15) is 12.5 Å². The number of benzene rings is 1. The van der Waals surface area contributed by atoms with Crippen molar-refractivity contribution in [1.29, 1.82) is 0 Å². The summed E-state index contributed by atoms with van der Waals surface area (Å²) >= 11 is 6.20. The summed E-state index contributed by atoms with van der Waals surface area (Å²) in [6.45, 7) is 2.25. The van der Waals surface area contributed by atoms with Crippen LogP contribution < -0.4 is 9.84 Å². The van der Waals surface area contributed by atoms with E-state index in [1.807, 2.05) is 0 Å². The fraction of sp³-hybridized carbons (Fsp3) is 0.231. The van der Waals surface area contributed by atoms with Gasteiger partial charge in [0.15, 0.2) is 0 Å². The molecule has 0 saturated carbocycles. The highest BCUT2D eigenvalue weighted by Gasteiger charge is 2.30. The molecule has 0 radical (unpaired) electrons. The van der Waals surface area contributed by atoms with Crippen molar-refractivity contribution >= 4 is 46.0 Å². The number of thiocarbonyl (C=S) groups is 1. The average Bonchev–Trinajstić information content (AvgIpc) is 2.74. The zero-order valence-corrected chi connectivity index (χ0v) is 13.3. The predicted molar refractivity (Wildman–Crippen MR) is 84.6 cm³/mol. The molecule has 1 amide bonds. The molecule has 0 unspecified atom stereocenters. The van der Waals surface area contributed by atoms with Crippen molar-refractivity contribution < 1.29 is 19.6 Å². The molecule has 1 saturated heterocycles. The van der Waals surface area contributed by atoms with E-state index < -0.39 is 16.4 Å². The van der Waals surface area contributed by atoms with Gasteiger partial charge in [-0.1, -0.05) is 24.0 Å². The molecule has 0 aliphatic carbocycles. The first-order valence-electron chi connectivity index (χ1n) is 6.17. The quantitative estimate of drug-likeness (QED) is 0.358. The third-order valence-electron chi connectivity index (χ3n) is 2.96. The van der Waals surface area contributed by atoms with Crippen molar-refractivity contribution in [2.24, 2.45) is 0 Å². The summed E-state index contributed by atoms with van der Waals surface area (Å²) in [7, 11) is 1.25. The molecule has 0 spiro atoms. The maximum absolute atomic E-state index is 12.1. The van der Waals surface area contributed by atoms with Crippen LogP contribution in [0.4, 0.5) is 5.69 Å². The normalized spacial score (nSPS) is 16.5. The van der Waals surface area contributed by atoms with E-state index in [-0.39, 0.29) is 11.7 Å². The summed E-state index contributed by atoms with van der Waals surface area (Å²) in [5.41, 5.74) is -0.267. The summed E-state index contributed by atoms with van der Waals surface area (Å²) in [5, 5.41) is 22.7. The minimum absolute atomic E-state index is 0.147. The van der Waals surface area contributed by atoms with E-state index in [9.17, 15) is 20.0 Å². The van der Waals surface area contributed by atoms with E-state index in [2.05, 4.69) is 0 Å². The van der Waals surface area contributed by atoms with Crippen LogP contribution in [0.25, 0.3) is 6.08 Å². The third kappa shape index (κ3) is 2.90. The Morgan fingerprint density at radius 2 is 2.18 bits per heavy atom. The lowest BCUT2D eigenvalue weighted by Gasteiger charge is -2.13. The summed E-state index contributed by atoms with van der Waals surface area (Å²) in [6, 6.07) is 2.47. The van der Waals surface area contributed by atoms with E-state index in [1.165, 1.54) is 24.2 Å². The standard InChI is InChI=1S/C13H12N2O5S2/c1-3-14-12(17)10(22-13(14)21)6-7-4-8(15(18)19)11(16)9(5-7)20-2/h4-6,16H,3H2,1-2H3/p-1/b10-6+. The van der Waals surface area contributed by atoms with Crippen LogP contribution in [0.2, 0.25) is 0 Å². The van der Waals surface area contributed by atoms with Crippen molar-refractivity contribution in [2.75, 3.05) is 13.7 Å². The monoisotopic (exact) mass is 339 g/mol. The highest BCUT2D eigenvalue weighted by atomic mass is 32.2. The SMILES string of the molecule is CCN1C(=O)/C(=C\c2cc(OC)c([O-])c([N+](=O)[O-])c2)SC1=S. The molecule has 1 aliphatic heterocycles. The lowest BCUT2D eigenvalue weighted by atomic mass is 10.1. The number of thioether (sulfide) groups is 1. The van der Waals surface area contributed by atoms with E-state index in [4.69, 9.17) is 17.0 Å². The number of rotatable bonds is 4. The number of nitro groups is 1. The van der Waals surface area contributed by atoms with E-state index >= 15 is 0 Å². The number of methoxy groups -OCH3 is 1. The zero-order valence-electron chi connectivity index (χ0n) is 11.7. The van der Waals surface area contributed by atoms with Crippen LogP contribution in [0, 0.1) is 10.1 Å². The number of ether oxygens (including phenoxy) is 1. The van der Waals surface area contributed by atoms with E-state index in [0.717, 1.165) is 17.8 Å². The van der Waals surface area contributed by atoms with Gasteiger partial charge in [-0.3, -0.25) is 19.8 Å². The summed E-state index contributed by atoms with van der Waals surface area (Å²) < 4.78 is 5.29. The third-order valence-corrected chi connectivity index (χ3v) is 4.34. The number of nitrogens with zero attached hydrogens (tertiary/aromatic N) is 2. The van der Waals surface area contributed by atoms with Gasteiger partial charge < -0.3 is 9.84 Å². The molecule has 9 heteroatoms. The number of hydrogen-bond donors (Lipinski definition) is 0. The lowest BCUT2D eigenvalue weighted by Crippen LogP contribution is -2.27. The Labute approximate surface area is 135 Å². The van der Waals surface area contributed by atoms with Gasteiger partial charge in [0.05, 0.1) is 16.9 Å². The van der Waals surface area contributed by atoms with Crippen molar-refractivity contribution in [3.8, 4) is 11.5 Å². The van der Waals surface area contributed by atoms with Crippen LogP contribution in [0.3, 0.4) is 0 Å². The summed E-state index contributed by atoms with van der Waals surface area (Å²) in [5.74, 6) is -1.21. The first-order valence-corrected chi connectivity index (χ1v) is 7.40. The highest BCUT2D eigenvalue weighted by molar-refractivity contribution is 8.26. The van der Waals surface area contributed by atoms with Crippen LogP contribution in [-0.2, 0) is 4.79 Å². The second kappa shape index (κ2) is 6.32. The molecule has 1 aromatic carbocycles. The number of amides is 1. The van der Waals surface area contributed by atoms with E-state index in [0.29, 0.717) is 21.3 Å². The van der Waals surface area contributed by atoms with Gasteiger partial charge in [0, 0.05) is 18.4 Å². The number of likely N-dealkylation sites (N-methyl/N-ethyl adjacent to an activating group) is 1. The number of hydrogen-bond acceptors (Lipinski definition) is 7. The second-order valence-corrected chi connectivity index (χ2v) is 5.93. The molecule has 7 nitrogen and oxygen atoms in total. The lowest BCUT2D eigenvalue weighted by molar-refractivity contribution is -0.398. The smallest absolute Gasteiger partial charge is 0.266 e. The van der Waals surface area contributed by atoms with Gasteiger partial charge in [0.25, 0.3) is 11.6 Å². The molecule has 0 atom stereocenters. The van der Waals surface area contributed by atoms with Gasteiger partial charge in [0.2, 0.25) is 0 Å². The number of carbonyl (C=O) groups excluding carboxylic acids is 1. The highest BCUT2D eigenvalue weighted by Crippen LogP contribution is 2.37. The maximum atomic E-state index is 12.1. The van der Waals surface area contributed by atoms with Crippen molar-refractivity contribution in [2.45, 2.75) is 6.92 Å². The van der Waals surface area contributed by atoms with Crippen LogP contribution >= 0.6 is 24.0 Å². The van der Waals surface area contributed by atoms with Gasteiger partial charge in [-0.15, -0.1) is 0 Å². The first kappa shape index (κ1) is 16.2. The van der Waals surface area contributed by atoms with Gasteiger partial charge >= 0.3 is 0 Å². The van der Waals surface area contributed by atoms with Crippen molar-refractivity contribution in [3.63, 3.8) is 0 Å². The van der Waals surface area contributed by atoms with Crippen LogP contribution in [-0.4, -0.2) is 33.7 Å². The summed E-state index contributed by atoms with van der Waals surface area (Å²) in [6.07, 6.45) is 1.46. The minimum Gasteiger partial charge on any atom is -0.865 e. The fourth-order valence-corrected chi connectivity index (χ4v) is 3.29. The minimum atomic E-state index is -0.800. The van der Waals surface area contributed by atoms with Gasteiger partial charge in [-0.2, -0.15) is 0 Å². The average molecular weight is 339 g/mol. The molecule has 0 bridgehead atoms. The van der Waals surface area contributed by atoms with Crippen molar-refractivity contribution in [1.82, 2.24) is 4.90 Å². The Kier molecular flexibility index (Phi) is 4.67. The Bertz CT molecular complexity index is 702. The molecule has 1 heterocycles. The molecule has 0 aromatic heterocycles. The number of nitro benzene ring substituents is 1. The first-order chi connectivity index (χ1) is 10.4.